The predicted molar refractivity (Wildman–Crippen MR) is 45.6 cm³/mol. The van der Waals surface area contributed by atoms with Crippen molar-refractivity contribution < 1.29 is 13.2 Å². The first-order valence-corrected chi connectivity index (χ1v) is 4.03. The standard InChI is InChI=1S/C8H10F3N3/c1-5-4-13-6(14-7(5)12)2-3-8(9,10)11/h4H,2-3H2,1H3,(H2,12,13,14). The summed E-state index contributed by atoms with van der Waals surface area (Å²) in [5, 5.41) is 0. The van der Waals surface area contributed by atoms with Gasteiger partial charge in [0.15, 0.2) is 0 Å². The van der Waals surface area contributed by atoms with Crippen LogP contribution in [0, 0.1) is 6.92 Å². The highest BCUT2D eigenvalue weighted by molar-refractivity contribution is 5.35. The SMILES string of the molecule is Cc1cnc(CCC(F)(F)F)nc1N. The Kier molecular flexibility index (Phi) is 2.93. The Hall–Kier alpha value is -1.33. The summed E-state index contributed by atoms with van der Waals surface area (Å²) in [5.41, 5.74) is 6.09. The highest BCUT2D eigenvalue weighted by atomic mass is 19.4. The van der Waals surface area contributed by atoms with E-state index in [-0.39, 0.29) is 18.1 Å². The molecule has 1 aromatic heterocycles. The number of halogens is 3. The number of hydrogen-bond acceptors (Lipinski definition) is 3. The van der Waals surface area contributed by atoms with Crippen molar-refractivity contribution in [2.75, 3.05) is 5.73 Å². The Bertz CT molecular complexity index is 322. The zero-order valence-electron chi connectivity index (χ0n) is 7.60. The summed E-state index contributed by atoms with van der Waals surface area (Å²) < 4.78 is 35.5. The minimum Gasteiger partial charge on any atom is -0.383 e. The third-order valence-electron chi connectivity index (χ3n) is 1.69. The Balaban J connectivity index is 2.65. The molecule has 0 spiro atoms. The van der Waals surface area contributed by atoms with Crippen LogP contribution in [0.5, 0.6) is 0 Å². The third kappa shape index (κ3) is 3.20. The van der Waals surface area contributed by atoms with Crippen molar-refractivity contribution >= 4 is 5.82 Å². The van der Waals surface area contributed by atoms with Gasteiger partial charge in [-0.1, -0.05) is 0 Å². The van der Waals surface area contributed by atoms with Crippen molar-refractivity contribution in [2.45, 2.75) is 25.9 Å². The topological polar surface area (TPSA) is 51.8 Å². The van der Waals surface area contributed by atoms with Gasteiger partial charge in [0, 0.05) is 18.2 Å². The van der Waals surface area contributed by atoms with E-state index in [1.807, 2.05) is 0 Å². The lowest BCUT2D eigenvalue weighted by Crippen LogP contribution is -2.11. The summed E-state index contributed by atoms with van der Waals surface area (Å²) in [7, 11) is 0. The fraction of sp³-hybridized carbons (Fsp3) is 0.500. The third-order valence-corrected chi connectivity index (χ3v) is 1.69. The molecule has 0 aliphatic heterocycles. The van der Waals surface area contributed by atoms with Crippen LogP contribution in [0.2, 0.25) is 0 Å². The second-order valence-electron chi connectivity index (χ2n) is 2.97. The molecule has 0 bridgehead atoms. The Morgan fingerprint density at radius 3 is 2.57 bits per heavy atom. The van der Waals surface area contributed by atoms with Gasteiger partial charge in [0.25, 0.3) is 0 Å². The molecule has 0 amide bonds. The molecule has 0 saturated heterocycles. The smallest absolute Gasteiger partial charge is 0.383 e. The molecule has 1 heterocycles. The molecule has 14 heavy (non-hydrogen) atoms. The van der Waals surface area contributed by atoms with Gasteiger partial charge in [-0.05, 0) is 6.92 Å². The van der Waals surface area contributed by atoms with Gasteiger partial charge >= 0.3 is 6.18 Å². The van der Waals surface area contributed by atoms with E-state index in [1.165, 1.54) is 6.20 Å². The molecule has 2 N–H and O–H groups in total. The lowest BCUT2D eigenvalue weighted by atomic mass is 10.2. The van der Waals surface area contributed by atoms with Crippen LogP contribution in [0.25, 0.3) is 0 Å². The van der Waals surface area contributed by atoms with Crippen LogP contribution >= 0.6 is 0 Å². The minimum atomic E-state index is -4.18. The summed E-state index contributed by atoms with van der Waals surface area (Å²) in [6.45, 7) is 1.70. The molecule has 78 valence electrons. The Morgan fingerprint density at radius 1 is 1.43 bits per heavy atom. The van der Waals surface area contributed by atoms with Crippen LogP contribution in [0.15, 0.2) is 6.20 Å². The van der Waals surface area contributed by atoms with Crippen LogP contribution in [-0.2, 0) is 6.42 Å². The van der Waals surface area contributed by atoms with Gasteiger partial charge < -0.3 is 5.73 Å². The highest BCUT2D eigenvalue weighted by Gasteiger charge is 2.27. The van der Waals surface area contributed by atoms with Gasteiger partial charge in [-0.2, -0.15) is 13.2 Å². The van der Waals surface area contributed by atoms with E-state index in [0.717, 1.165) is 0 Å². The quantitative estimate of drug-likeness (QED) is 0.801. The van der Waals surface area contributed by atoms with Crippen LogP contribution in [-0.4, -0.2) is 16.1 Å². The number of hydrogen-bond donors (Lipinski definition) is 1. The van der Waals surface area contributed by atoms with Crippen molar-refractivity contribution in [1.82, 2.24) is 9.97 Å². The molecule has 0 fully saturated rings. The number of anilines is 1. The Labute approximate surface area is 79.2 Å². The molecule has 0 aromatic carbocycles. The molecule has 1 aromatic rings. The van der Waals surface area contributed by atoms with E-state index >= 15 is 0 Å². The molecule has 3 nitrogen and oxygen atoms in total. The normalized spacial score (nSPS) is 11.7. The number of rotatable bonds is 2. The van der Waals surface area contributed by atoms with Crippen LogP contribution in [0.3, 0.4) is 0 Å². The van der Waals surface area contributed by atoms with Crippen molar-refractivity contribution in [3.63, 3.8) is 0 Å². The number of aromatic nitrogens is 2. The number of nitrogens with two attached hydrogens (primary N) is 1. The zero-order chi connectivity index (χ0) is 10.8. The van der Waals surface area contributed by atoms with Gasteiger partial charge in [-0.3, -0.25) is 0 Å². The average molecular weight is 205 g/mol. The summed E-state index contributed by atoms with van der Waals surface area (Å²) in [5.74, 6) is 0.364. The number of nitrogen functional groups attached to an aromatic ring is 1. The molecule has 0 radical (unpaired) electrons. The van der Waals surface area contributed by atoms with E-state index in [9.17, 15) is 13.2 Å². The molecule has 6 heteroatoms. The van der Waals surface area contributed by atoms with Gasteiger partial charge in [-0.15, -0.1) is 0 Å². The number of alkyl halides is 3. The maximum Gasteiger partial charge on any atom is 0.389 e. The lowest BCUT2D eigenvalue weighted by Gasteiger charge is -2.05. The molecule has 0 atom stereocenters. The summed E-state index contributed by atoms with van der Waals surface area (Å²) in [6, 6.07) is 0. The Morgan fingerprint density at radius 2 is 2.07 bits per heavy atom. The summed E-state index contributed by atoms with van der Waals surface area (Å²) >= 11 is 0. The lowest BCUT2D eigenvalue weighted by molar-refractivity contribution is -0.134. The number of aryl methyl sites for hydroxylation is 2. The van der Waals surface area contributed by atoms with Gasteiger partial charge in [0.05, 0.1) is 6.42 Å². The molecule has 0 aliphatic carbocycles. The molecular formula is C8H10F3N3. The monoisotopic (exact) mass is 205 g/mol. The summed E-state index contributed by atoms with van der Waals surface area (Å²) in [4.78, 5) is 7.49. The number of nitrogens with zero attached hydrogens (tertiary/aromatic N) is 2. The highest BCUT2D eigenvalue weighted by Crippen LogP contribution is 2.21. The van der Waals surface area contributed by atoms with Gasteiger partial charge in [0.2, 0.25) is 0 Å². The van der Waals surface area contributed by atoms with E-state index in [4.69, 9.17) is 5.73 Å². The molecule has 0 unspecified atom stereocenters. The van der Waals surface area contributed by atoms with Crippen molar-refractivity contribution in [3.8, 4) is 0 Å². The van der Waals surface area contributed by atoms with Gasteiger partial charge in [-0.25, -0.2) is 9.97 Å². The van der Waals surface area contributed by atoms with Gasteiger partial charge in [0.1, 0.15) is 11.6 Å². The van der Waals surface area contributed by atoms with Crippen molar-refractivity contribution in [1.29, 1.82) is 0 Å². The maximum absolute atomic E-state index is 11.8. The van der Waals surface area contributed by atoms with Crippen LogP contribution < -0.4 is 5.73 Å². The molecule has 1 rings (SSSR count). The molecule has 0 aliphatic rings. The van der Waals surface area contributed by atoms with Crippen LogP contribution in [0.1, 0.15) is 17.8 Å². The average Bonchev–Trinajstić information content (AvgIpc) is 2.06. The predicted octanol–water partition coefficient (Wildman–Crippen LogP) is 1.86. The van der Waals surface area contributed by atoms with Crippen molar-refractivity contribution in [2.24, 2.45) is 0 Å². The first-order valence-electron chi connectivity index (χ1n) is 4.03. The first kappa shape index (κ1) is 10.7. The fourth-order valence-corrected chi connectivity index (χ4v) is 0.868. The van der Waals surface area contributed by atoms with Crippen LogP contribution in [0.4, 0.5) is 19.0 Å². The molecular weight excluding hydrogens is 195 g/mol. The first-order chi connectivity index (χ1) is 6.38. The van der Waals surface area contributed by atoms with E-state index in [1.54, 1.807) is 6.92 Å². The fourth-order valence-electron chi connectivity index (χ4n) is 0.868. The molecule has 0 saturated carbocycles. The second-order valence-corrected chi connectivity index (χ2v) is 2.97. The second kappa shape index (κ2) is 3.81. The maximum atomic E-state index is 11.8. The van der Waals surface area contributed by atoms with Crippen molar-refractivity contribution in [3.05, 3.63) is 17.6 Å². The zero-order valence-corrected chi connectivity index (χ0v) is 7.60. The van der Waals surface area contributed by atoms with E-state index in [2.05, 4.69) is 9.97 Å². The largest absolute Gasteiger partial charge is 0.389 e. The van der Waals surface area contributed by atoms with E-state index < -0.39 is 12.6 Å². The summed E-state index contributed by atoms with van der Waals surface area (Å²) in [6.07, 6.45) is -3.90. The minimum absolute atomic E-state index is 0.130. The van der Waals surface area contributed by atoms with E-state index in [0.29, 0.717) is 5.56 Å².